The van der Waals surface area contributed by atoms with Gasteiger partial charge in [-0.2, -0.15) is 0 Å². The molecule has 1 amide bonds. The smallest absolute Gasteiger partial charge is 0.263 e. The summed E-state index contributed by atoms with van der Waals surface area (Å²) in [6.07, 6.45) is 1.34. The van der Waals surface area contributed by atoms with Gasteiger partial charge in [0.15, 0.2) is 9.84 Å². The minimum Gasteiger partial charge on any atom is -0.300 e. The molecular formula is C17H12ClF2NO3S. The molecule has 0 saturated carbocycles. The van der Waals surface area contributed by atoms with E-state index < -0.39 is 33.4 Å². The summed E-state index contributed by atoms with van der Waals surface area (Å²) in [5, 5.41) is 0.909. The number of benzene rings is 2. The largest absolute Gasteiger partial charge is 0.300 e. The molecule has 4 nitrogen and oxygen atoms in total. The Hall–Kier alpha value is -2.25. The van der Waals surface area contributed by atoms with E-state index in [0.29, 0.717) is 0 Å². The molecule has 0 saturated heterocycles. The lowest BCUT2D eigenvalue weighted by atomic mass is 10.1. The number of hydrogen-bond donors (Lipinski definition) is 0. The predicted molar refractivity (Wildman–Crippen MR) is 91.3 cm³/mol. The van der Waals surface area contributed by atoms with Crippen molar-refractivity contribution in [2.24, 2.45) is 0 Å². The first-order valence-corrected chi connectivity index (χ1v) is 9.32. The Kier molecular flexibility index (Phi) is 4.62. The summed E-state index contributed by atoms with van der Waals surface area (Å²) < 4.78 is 50.8. The summed E-state index contributed by atoms with van der Waals surface area (Å²) >= 11 is 5.96. The van der Waals surface area contributed by atoms with Crippen LogP contribution < -0.4 is 4.90 Å². The Balaban J connectivity index is 2.10. The van der Waals surface area contributed by atoms with E-state index in [1.54, 1.807) is 0 Å². The van der Waals surface area contributed by atoms with Crippen LogP contribution in [0.2, 0.25) is 5.02 Å². The highest BCUT2D eigenvalue weighted by Crippen LogP contribution is 2.28. The van der Waals surface area contributed by atoms with Gasteiger partial charge in [0, 0.05) is 11.1 Å². The van der Waals surface area contributed by atoms with Crippen molar-refractivity contribution >= 4 is 33.0 Å². The molecule has 3 rings (SSSR count). The molecule has 0 unspecified atom stereocenters. The van der Waals surface area contributed by atoms with Gasteiger partial charge in [0.05, 0.1) is 22.4 Å². The minimum absolute atomic E-state index is 0.0954. The maximum Gasteiger partial charge on any atom is 0.263 e. The summed E-state index contributed by atoms with van der Waals surface area (Å²) in [5.41, 5.74) is -0.136. The SMILES string of the molecule is O=C(c1c(F)cccc1Cl)N(c1ccc(F)cc1)[C@H]1C=CS(=O)(=O)C1. The van der Waals surface area contributed by atoms with Crippen LogP contribution >= 0.6 is 11.6 Å². The molecule has 0 radical (unpaired) electrons. The molecule has 2 aromatic rings. The number of nitrogens with zero attached hydrogens (tertiary/aromatic N) is 1. The summed E-state index contributed by atoms with van der Waals surface area (Å²) in [6.45, 7) is 0. The maximum absolute atomic E-state index is 14.2. The van der Waals surface area contributed by atoms with E-state index >= 15 is 0 Å². The second kappa shape index (κ2) is 6.57. The lowest BCUT2D eigenvalue weighted by Gasteiger charge is -2.28. The second-order valence-electron chi connectivity index (χ2n) is 5.47. The van der Waals surface area contributed by atoms with Crippen molar-refractivity contribution in [3.05, 3.63) is 76.2 Å². The van der Waals surface area contributed by atoms with Gasteiger partial charge in [0.1, 0.15) is 11.6 Å². The van der Waals surface area contributed by atoms with Gasteiger partial charge in [-0.1, -0.05) is 17.7 Å². The van der Waals surface area contributed by atoms with Crippen LogP contribution in [0.5, 0.6) is 0 Å². The molecule has 130 valence electrons. The fraction of sp³-hybridized carbons (Fsp3) is 0.118. The molecule has 0 fully saturated rings. The van der Waals surface area contributed by atoms with Crippen molar-refractivity contribution in [2.75, 3.05) is 10.7 Å². The van der Waals surface area contributed by atoms with Gasteiger partial charge in [-0.3, -0.25) is 4.79 Å². The van der Waals surface area contributed by atoms with Gasteiger partial charge in [0.25, 0.3) is 5.91 Å². The molecule has 2 aromatic carbocycles. The zero-order chi connectivity index (χ0) is 18.2. The van der Waals surface area contributed by atoms with Crippen molar-refractivity contribution in [3.63, 3.8) is 0 Å². The van der Waals surface area contributed by atoms with E-state index in [4.69, 9.17) is 11.6 Å². The van der Waals surface area contributed by atoms with E-state index in [-0.39, 0.29) is 22.0 Å². The molecule has 0 bridgehead atoms. The van der Waals surface area contributed by atoms with E-state index in [1.165, 1.54) is 30.3 Å². The summed E-state index contributed by atoms with van der Waals surface area (Å²) in [6, 6.07) is 7.86. The van der Waals surface area contributed by atoms with Gasteiger partial charge >= 0.3 is 0 Å². The normalized spacial score (nSPS) is 18.3. The second-order valence-corrected chi connectivity index (χ2v) is 7.81. The van der Waals surface area contributed by atoms with Gasteiger partial charge < -0.3 is 4.90 Å². The van der Waals surface area contributed by atoms with Crippen LogP contribution in [0.25, 0.3) is 0 Å². The Morgan fingerprint density at radius 2 is 1.80 bits per heavy atom. The van der Waals surface area contributed by atoms with E-state index in [1.807, 2.05) is 0 Å². The number of sulfone groups is 1. The molecular weight excluding hydrogens is 372 g/mol. The van der Waals surface area contributed by atoms with Crippen molar-refractivity contribution in [1.82, 2.24) is 0 Å². The van der Waals surface area contributed by atoms with Gasteiger partial charge in [-0.15, -0.1) is 0 Å². The molecule has 0 spiro atoms. The number of carbonyl (C=O) groups excluding carboxylic acids is 1. The van der Waals surface area contributed by atoms with Gasteiger partial charge in [0.2, 0.25) is 0 Å². The molecule has 1 heterocycles. The monoisotopic (exact) mass is 383 g/mol. The van der Waals surface area contributed by atoms with Crippen molar-refractivity contribution < 1.29 is 22.0 Å². The maximum atomic E-state index is 14.2. The zero-order valence-electron chi connectivity index (χ0n) is 12.7. The third-order valence-electron chi connectivity index (χ3n) is 3.74. The third-order valence-corrected chi connectivity index (χ3v) is 5.44. The molecule has 1 aliphatic rings. The third kappa shape index (κ3) is 3.57. The molecule has 1 aliphatic heterocycles. The number of hydrogen-bond acceptors (Lipinski definition) is 3. The predicted octanol–water partition coefficient (Wildman–Crippen LogP) is 3.58. The number of halogens is 3. The van der Waals surface area contributed by atoms with Crippen LogP contribution in [0.4, 0.5) is 14.5 Å². The fourth-order valence-corrected chi connectivity index (χ4v) is 4.12. The van der Waals surface area contributed by atoms with Crippen molar-refractivity contribution in [1.29, 1.82) is 0 Å². The Labute approximate surface area is 148 Å². The van der Waals surface area contributed by atoms with E-state index in [0.717, 1.165) is 28.5 Å². The van der Waals surface area contributed by atoms with Crippen LogP contribution in [0, 0.1) is 11.6 Å². The highest BCUT2D eigenvalue weighted by Gasteiger charge is 2.33. The number of carbonyl (C=O) groups is 1. The highest BCUT2D eigenvalue weighted by atomic mass is 35.5. The zero-order valence-corrected chi connectivity index (χ0v) is 14.3. The van der Waals surface area contributed by atoms with Crippen molar-refractivity contribution in [3.8, 4) is 0 Å². The van der Waals surface area contributed by atoms with Crippen molar-refractivity contribution in [2.45, 2.75) is 6.04 Å². The summed E-state index contributed by atoms with van der Waals surface area (Å²) in [7, 11) is -3.47. The highest BCUT2D eigenvalue weighted by molar-refractivity contribution is 7.94. The first-order chi connectivity index (χ1) is 11.8. The molecule has 1 atom stereocenters. The lowest BCUT2D eigenvalue weighted by molar-refractivity contribution is 0.0979. The molecule has 8 heteroatoms. The molecule has 25 heavy (non-hydrogen) atoms. The van der Waals surface area contributed by atoms with Crippen LogP contribution in [0.15, 0.2) is 53.9 Å². The van der Waals surface area contributed by atoms with Gasteiger partial charge in [-0.05, 0) is 42.5 Å². The standard InChI is InChI=1S/C17H12ClF2NO3S/c18-14-2-1-3-15(20)16(14)17(22)21(12-6-4-11(19)5-7-12)13-8-9-25(23,24)10-13/h1-9,13H,10H2/t13-/m0/s1. The quantitative estimate of drug-likeness (QED) is 0.814. The van der Waals surface area contributed by atoms with Gasteiger partial charge in [-0.25, -0.2) is 17.2 Å². The van der Waals surface area contributed by atoms with Crippen LogP contribution in [0.1, 0.15) is 10.4 Å². The average molecular weight is 384 g/mol. The summed E-state index contributed by atoms with van der Waals surface area (Å²) in [4.78, 5) is 14.1. The van der Waals surface area contributed by atoms with Crippen LogP contribution in [0.3, 0.4) is 0 Å². The number of rotatable bonds is 3. The first kappa shape index (κ1) is 17.6. The topological polar surface area (TPSA) is 54.5 Å². The fourth-order valence-electron chi connectivity index (χ4n) is 2.60. The molecule has 0 aromatic heterocycles. The number of anilines is 1. The Bertz CT molecular complexity index is 938. The molecule has 0 aliphatic carbocycles. The lowest BCUT2D eigenvalue weighted by Crippen LogP contribution is -2.41. The number of amides is 1. The Morgan fingerprint density at radius 3 is 2.36 bits per heavy atom. The Morgan fingerprint density at radius 1 is 1.12 bits per heavy atom. The molecule has 0 N–H and O–H groups in total. The van der Waals surface area contributed by atoms with E-state index in [9.17, 15) is 22.0 Å². The minimum atomic E-state index is -3.47. The first-order valence-electron chi connectivity index (χ1n) is 7.22. The van der Waals surface area contributed by atoms with E-state index in [2.05, 4.69) is 0 Å². The average Bonchev–Trinajstić information content (AvgIpc) is 2.89. The van der Waals surface area contributed by atoms with Crippen LogP contribution in [-0.2, 0) is 9.84 Å². The van der Waals surface area contributed by atoms with Crippen LogP contribution in [-0.4, -0.2) is 26.1 Å². The summed E-state index contributed by atoms with van der Waals surface area (Å²) in [5.74, 6) is -2.49.